The van der Waals surface area contributed by atoms with Gasteiger partial charge in [0, 0.05) is 68.7 Å². The van der Waals surface area contributed by atoms with Crippen molar-refractivity contribution in [3.8, 4) is 0 Å². The maximum atomic E-state index is 13.2. The van der Waals surface area contributed by atoms with Crippen molar-refractivity contribution in [1.82, 2.24) is 14.8 Å². The Morgan fingerprint density at radius 2 is 1.84 bits per heavy atom. The molecule has 5 rings (SSSR count). The quantitative estimate of drug-likeness (QED) is 0.745. The number of likely N-dealkylation sites (tertiary alicyclic amines) is 2. The van der Waals surface area contributed by atoms with E-state index in [1.165, 1.54) is 0 Å². The van der Waals surface area contributed by atoms with Crippen molar-refractivity contribution in [2.75, 3.05) is 24.5 Å². The van der Waals surface area contributed by atoms with E-state index in [9.17, 15) is 14.4 Å². The summed E-state index contributed by atoms with van der Waals surface area (Å²) in [6.07, 6.45) is 7.18. The molecule has 4 heterocycles. The highest BCUT2D eigenvalue weighted by Crippen LogP contribution is 2.33. The summed E-state index contributed by atoms with van der Waals surface area (Å²) in [5, 5.41) is 0. The highest BCUT2D eigenvalue weighted by molar-refractivity contribution is 5.97. The molecule has 0 spiro atoms. The van der Waals surface area contributed by atoms with Crippen LogP contribution in [0.2, 0.25) is 0 Å². The van der Waals surface area contributed by atoms with Gasteiger partial charge in [-0.05, 0) is 61.1 Å². The van der Waals surface area contributed by atoms with Crippen LogP contribution in [0.25, 0.3) is 0 Å². The maximum absolute atomic E-state index is 13.2. The Hall–Kier alpha value is -3.22. The zero-order valence-corrected chi connectivity index (χ0v) is 18.2. The number of piperidine rings is 2. The minimum absolute atomic E-state index is 0.0263. The smallest absolute Gasteiger partial charge is 0.253 e. The van der Waals surface area contributed by atoms with E-state index in [0.717, 1.165) is 37.1 Å². The molecular formula is C25H28N4O3. The van der Waals surface area contributed by atoms with Crippen molar-refractivity contribution in [2.45, 2.75) is 44.7 Å². The number of carbonyl (C=O) groups excluding carboxylic acids is 3. The van der Waals surface area contributed by atoms with Gasteiger partial charge in [-0.2, -0.15) is 0 Å². The summed E-state index contributed by atoms with van der Waals surface area (Å²) in [5.74, 6) is 0.665. The molecule has 3 aliphatic rings. The Morgan fingerprint density at radius 1 is 1.00 bits per heavy atom. The molecule has 3 aliphatic heterocycles. The van der Waals surface area contributed by atoms with Gasteiger partial charge in [-0.1, -0.05) is 6.07 Å². The summed E-state index contributed by atoms with van der Waals surface area (Å²) in [4.78, 5) is 47.7. The fourth-order valence-corrected chi connectivity index (χ4v) is 5.32. The minimum atomic E-state index is 0.0263. The van der Waals surface area contributed by atoms with Crippen LogP contribution in [0.15, 0.2) is 48.8 Å². The minimum Gasteiger partial charge on any atom is -0.338 e. The molecule has 7 nitrogen and oxygen atoms in total. The van der Waals surface area contributed by atoms with Gasteiger partial charge >= 0.3 is 0 Å². The normalized spacial score (nSPS) is 23.4. The zero-order valence-electron chi connectivity index (χ0n) is 18.2. The number of aromatic nitrogens is 1. The number of hydrogen-bond acceptors (Lipinski definition) is 4. The number of benzene rings is 1. The van der Waals surface area contributed by atoms with E-state index in [1.54, 1.807) is 11.1 Å². The first kappa shape index (κ1) is 20.7. The lowest BCUT2D eigenvalue weighted by atomic mass is 9.83. The molecule has 3 saturated heterocycles. The third-order valence-electron chi connectivity index (χ3n) is 7.01. The van der Waals surface area contributed by atoms with Crippen LogP contribution in [0.3, 0.4) is 0 Å². The first-order chi connectivity index (χ1) is 15.6. The lowest BCUT2D eigenvalue weighted by Gasteiger charge is -2.47. The van der Waals surface area contributed by atoms with Crippen LogP contribution in [0.1, 0.15) is 48.0 Å². The summed E-state index contributed by atoms with van der Waals surface area (Å²) >= 11 is 0. The number of rotatable bonds is 4. The molecule has 0 radical (unpaired) electrons. The average molecular weight is 433 g/mol. The number of carbonyl (C=O) groups is 3. The van der Waals surface area contributed by atoms with Gasteiger partial charge < -0.3 is 14.7 Å². The molecular weight excluding hydrogens is 404 g/mol. The number of nitrogens with zero attached hydrogens (tertiary/aromatic N) is 4. The van der Waals surface area contributed by atoms with Crippen LogP contribution in [0.4, 0.5) is 5.69 Å². The molecule has 3 amide bonds. The monoisotopic (exact) mass is 432 g/mol. The Bertz CT molecular complexity index is 1010. The highest BCUT2D eigenvalue weighted by atomic mass is 16.2. The van der Waals surface area contributed by atoms with Crippen molar-refractivity contribution in [3.05, 3.63) is 59.9 Å². The highest BCUT2D eigenvalue weighted by Gasteiger charge is 2.40. The van der Waals surface area contributed by atoms with Crippen LogP contribution in [0.5, 0.6) is 0 Å². The van der Waals surface area contributed by atoms with Gasteiger partial charge in [0.1, 0.15) is 0 Å². The number of amides is 3. The molecule has 32 heavy (non-hydrogen) atoms. The molecule has 1 aromatic heterocycles. The van der Waals surface area contributed by atoms with Crippen LogP contribution < -0.4 is 4.90 Å². The molecule has 0 saturated carbocycles. The summed E-state index contributed by atoms with van der Waals surface area (Å²) in [6, 6.07) is 11.5. The largest absolute Gasteiger partial charge is 0.338 e. The van der Waals surface area contributed by atoms with Crippen molar-refractivity contribution in [3.63, 3.8) is 0 Å². The Kier molecular flexibility index (Phi) is 5.64. The van der Waals surface area contributed by atoms with Crippen LogP contribution in [-0.4, -0.2) is 58.2 Å². The Morgan fingerprint density at radius 3 is 2.56 bits per heavy atom. The van der Waals surface area contributed by atoms with Crippen molar-refractivity contribution >= 4 is 23.4 Å². The summed E-state index contributed by atoms with van der Waals surface area (Å²) in [7, 11) is 0. The molecule has 0 unspecified atom stereocenters. The molecule has 0 bridgehead atoms. The standard InChI is InChI=1S/C25H28N4O3/c30-23-4-2-13-28(23)21-8-5-19(6-9-21)25(32)27-14-11-22-20(17-27)7-10-24(31)29(22)16-18-3-1-12-26-15-18/h1,3,5-6,8-9,12,15,20,22H,2,4,7,10-11,13-14,16-17H2/t20-,22+/m1/s1. The van der Waals surface area contributed by atoms with Gasteiger partial charge in [-0.25, -0.2) is 0 Å². The molecule has 166 valence electrons. The van der Waals surface area contributed by atoms with Crippen molar-refractivity contribution < 1.29 is 14.4 Å². The average Bonchev–Trinajstić information content (AvgIpc) is 3.27. The second-order valence-electron chi connectivity index (χ2n) is 8.98. The third-order valence-corrected chi connectivity index (χ3v) is 7.01. The lowest BCUT2D eigenvalue weighted by molar-refractivity contribution is -0.141. The van der Waals surface area contributed by atoms with Crippen molar-refractivity contribution in [1.29, 1.82) is 0 Å². The van der Waals surface area contributed by atoms with E-state index in [2.05, 4.69) is 4.98 Å². The first-order valence-electron chi connectivity index (χ1n) is 11.5. The predicted octanol–water partition coefficient (Wildman–Crippen LogP) is 2.86. The zero-order chi connectivity index (χ0) is 22.1. The predicted molar refractivity (Wildman–Crippen MR) is 120 cm³/mol. The van der Waals surface area contributed by atoms with E-state index >= 15 is 0 Å². The Balaban J connectivity index is 1.25. The fourth-order valence-electron chi connectivity index (χ4n) is 5.32. The lowest BCUT2D eigenvalue weighted by Crippen LogP contribution is -2.56. The Labute approximate surface area is 188 Å². The molecule has 0 aliphatic carbocycles. The van der Waals surface area contributed by atoms with Crippen molar-refractivity contribution in [2.24, 2.45) is 5.92 Å². The molecule has 0 N–H and O–H groups in total. The number of anilines is 1. The van der Waals surface area contributed by atoms with Gasteiger partial charge in [0.05, 0.1) is 0 Å². The summed E-state index contributed by atoms with van der Waals surface area (Å²) in [5.41, 5.74) is 2.55. The van der Waals surface area contributed by atoms with E-state index in [0.29, 0.717) is 44.0 Å². The number of fused-ring (bicyclic) bond motifs is 1. The van der Waals surface area contributed by atoms with Gasteiger partial charge in [-0.15, -0.1) is 0 Å². The van der Waals surface area contributed by atoms with Gasteiger partial charge in [0.15, 0.2) is 0 Å². The first-order valence-corrected chi connectivity index (χ1v) is 11.5. The van der Waals surface area contributed by atoms with Gasteiger partial charge in [0.2, 0.25) is 11.8 Å². The molecule has 7 heteroatoms. The second-order valence-corrected chi connectivity index (χ2v) is 8.98. The SMILES string of the molecule is O=C(c1ccc(N2CCCC2=O)cc1)N1CC[C@H]2[C@H](CCC(=O)N2Cc2cccnc2)C1. The molecule has 3 fully saturated rings. The number of pyridine rings is 1. The summed E-state index contributed by atoms with van der Waals surface area (Å²) < 4.78 is 0. The van der Waals surface area contributed by atoms with E-state index < -0.39 is 0 Å². The van der Waals surface area contributed by atoms with Gasteiger partial charge in [-0.3, -0.25) is 19.4 Å². The van der Waals surface area contributed by atoms with Crippen LogP contribution >= 0.6 is 0 Å². The molecule has 2 aromatic rings. The molecule has 2 atom stereocenters. The molecule has 1 aromatic carbocycles. The van der Waals surface area contributed by atoms with E-state index in [1.807, 2.05) is 52.4 Å². The van der Waals surface area contributed by atoms with Crippen LogP contribution in [-0.2, 0) is 16.1 Å². The maximum Gasteiger partial charge on any atom is 0.253 e. The number of hydrogen-bond donors (Lipinski definition) is 0. The van der Waals surface area contributed by atoms with E-state index in [4.69, 9.17) is 0 Å². The third kappa shape index (κ3) is 3.99. The summed E-state index contributed by atoms with van der Waals surface area (Å²) in [6.45, 7) is 2.64. The van der Waals surface area contributed by atoms with Crippen LogP contribution in [0, 0.1) is 5.92 Å². The topological polar surface area (TPSA) is 73.8 Å². The second kappa shape index (κ2) is 8.73. The van der Waals surface area contributed by atoms with E-state index in [-0.39, 0.29) is 23.8 Å². The fraction of sp³-hybridized carbons (Fsp3) is 0.440. The van der Waals surface area contributed by atoms with Gasteiger partial charge in [0.25, 0.3) is 5.91 Å².